The minimum atomic E-state index is -3.75. The molecule has 0 saturated heterocycles. The van der Waals surface area contributed by atoms with Crippen LogP contribution >= 0.6 is 0 Å². The zero-order chi connectivity index (χ0) is 20.4. The number of carbonyl (C=O) groups is 1. The number of nitrogens with one attached hydrogen (secondary N) is 1. The molecule has 0 saturated carbocycles. The highest BCUT2D eigenvalue weighted by atomic mass is 32.2. The standard InChI is InChI=1S/C22H21N3O3S/c1-24(19-10-3-2-4-11-19)23-22(26)18-9-7-12-20(16-18)29(27,28)25-15-14-17-8-5-6-13-21(17)25/h2-13,16H,14-15H2,1H3,(H,23,26). The fraction of sp³-hybridized carbons (Fsp3) is 0.136. The summed E-state index contributed by atoms with van der Waals surface area (Å²) in [5.74, 6) is -0.379. The predicted octanol–water partition coefficient (Wildman–Crippen LogP) is 3.22. The van der Waals surface area contributed by atoms with Crippen LogP contribution in [0.1, 0.15) is 15.9 Å². The first-order chi connectivity index (χ1) is 14.0. The number of hydrogen-bond donors (Lipinski definition) is 1. The topological polar surface area (TPSA) is 69.7 Å². The molecule has 0 aromatic heterocycles. The van der Waals surface area contributed by atoms with Gasteiger partial charge in [0.05, 0.1) is 16.3 Å². The molecule has 1 heterocycles. The van der Waals surface area contributed by atoms with Crippen molar-refractivity contribution in [1.29, 1.82) is 0 Å². The van der Waals surface area contributed by atoms with Crippen LogP contribution in [0.25, 0.3) is 0 Å². The van der Waals surface area contributed by atoms with Crippen LogP contribution in [0.3, 0.4) is 0 Å². The summed E-state index contributed by atoms with van der Waals surface area (Å²) < 4.78 is 27.8. The van der Waals surface area contributed by atoms with E-state index >= 15 is 0 Å². The molecule has 1 aliphatic rings. The van der Waals surface area contributed by atoms with E-state index in [0.29, 0.717) is 18.7 Å². The van der Waals surface area contributed by atoms with Crippen molar-refractivity contribution < 1.29 is 13.2 Å². The number of hydrazine groups is 1. The van der Waals surface area contributed by atoms with Gasteiger partial charge in [-0.3, -0.25) is 19.5 Å². The number of sulfonamides is 1. The van der Waals surface area contributed by atoms with Gasteiger partial charge in [0.15, 0.2) is 0 Å². The van der Waals surface area contributed by atoms with Crippen molar-refractivity contribution in [3.8, 4) is 0 Å². The van der Waals surface area contributed by atoms with E-state index in [1.165, 1.54) is 16.4 Å². The third-order valence-corrected chi connectivity index (χ3v) is 6.75. The van der Waals surface area contributed by atoms with Gasteiger partial charge in [-0.05, 0) is 48.4 Å². The molecule has 4 rings (SSSR count). The zero-order valence-electron chi connectivity index (χ0n) is 15.9. The summed E-state index contributed by atoms with van der Waals surface area (Å²) in [6.45, 7) is 0.398. The number of amides is 1. The lowest BCUT2D eigenvalue weighted by Gasteiger charge is -2.21. The zero-order valence-corrected chi connectivity index (χ0v) is 16.8. The molecular weight excluding hydrogens is 386 g/mol. The van der Waals surface area contributed by atoms with Crippen LogP contribution in [0.2, 0.25) is 0 Å². The van der Waals surface area contributed by atoms with Gasteiger partial charge in [0.1, 0.15) is 0 Å². The van der Waals surface area contributed by atoms with Crippen molar-refractivity contribution in [2.24, 2.45) is 0 Å². The molecule has 0 radical (unpaired) electrons. The summed E-state index contributed by atoms with van der Waals surface area (Å²) in [5.41, 5.74) is 5.57. The molecule has 148 valence electrons. The van der Waals surface area contributed by atoms with Gasteiger partial charge in [0.25, 0.3) is 15.9 Å². The highest BCUT2D eigenvalue weighted by molar-refractivity contribution is 7.92. The summed E-state index contributed by atoms with van der Waals surface area (Å²) in [4.78, 5) is 12.8. The molecule has 0 bridgehead atoms. The lowest BCUT2D eigenvalue weighted by Crippen LogP contribution is -2.39. The molecule has 1 N–H and O–H groups in total. The average Bonchev–Trinajstić information content (AvgIpc) is 3.19. The maximum atomic E-state index is 13.2. The molecule has 29 heavy (non-hydrogen) atoms. The minimum absolute atomic E-state index is 0.101. The molecule has 0 unspecified atom stereocenters. The van der Waals surface area contributed by atoms with Crippen LogP contribution in [0.5, 0.6) is 0 Å². The number of anilines is 2. The Morgan fingerprint density at radius 2 is 1.69 bits per heavy atom. The summed E-state index contributed by atoms with van der Waals surface area (Å²) in [5, 5.41) is 1.60. The number of hydrogen-bond acceptors (Lipinski definition) is 4. The van der Waals surface area contributed by atoms with Crippen LogP contribution in [0, 0.1) is 0 Å². The number of fused-ring (bicyclic) bond motifs is 1. The highest BCUT2D eigenvalue weighted by Gasteiger charge is 2.31. The lowest BCUT2D eigenvalue weighted by molar-refractivity contribution is 0.0951. The Morgan fingerprint density at radius 3 is 2.48 bits per heavy atom. The van der Waals surface area contributed by atoms with Crippen molar-refractivity contribution in [3.05, 3.63) is 90.0 Å². The first-order valence-electron chi connectivity index (χ1n) is 9.27. The number of rotatable bonds is 5. The summed E-state index contributed by atoms with van der Waals surface area (Å²) in [6.07, 6.45) is 0.678. The SMILES string of the molecule is CN(NC(=O)c1cccc(S(=O)(=O)N2CCc3ccccc32)c1)c1ccccc1. The average molecular weight is 407 g/mol. The smallest absolute Gasteiger partial charge is 0.269 e. The molecule has 3 aromatic carbocycles. The normalized spacial score (nSPS) is 13.1. The lowest BCUT2D eigenvalue weighted by atomic mass is 10.2. The minimum Gasteiger partial charge on any atom is -0.288 e. The van der Waals surface area contributed by atoms with Crippen molar-refractivity contribution in [1.82, 2.24) is 5.43 Å². The van der Waals surface area contributed by atoms with Crippen molar-refractivity contribution in [2.45, 2.75) is 11.3 Å². The van der Waals surface area contributed by atoms with Gasteiger partial charge in [-0.25, -0.2) is 8.42 Å². The van der Waals surface area contributed by atoms with Crippen LogP contribution < -0.4 is 14.7 Å². The van der Waals surface area contributed by atoms with Gasteiger partial charge >= 0.3 is 0 Å². The Balaban J connectivity index is 1.58. The Labute approximate surface area is 170 Å². The van der Waals surface area contributed by atoms with E-state index in [4.69, 9.17) is 0 Å². The first-order valence-corrected chi connectivity index (χ1v) is 10.7. The van der Waals surface area contributed by atoms with E-state index in [0.717, 1.165) is 11.3 Å². The van der Waals surface area contributed by atoms with Gasteiger partial charge in [-0.1, -0.05) is 42.5 Å². The van der Waals surface area contributed by atoms with Gasteiger partial charge in [-0.15, -0.1) is 0 Å². The van der Waals surface area contributed by atoms with E-state index in [9.17, 15) is 13.2 Å². The van der Waals surface area contributed by atoms with E-state index in [2.05, 4.69) is 5.43 Å². The fourth-order valence-corrected chi connectivity index (χ4v) is 4.97. The van der Waals surface area contributed by atoms with Crippen molar-refractivity contribution in [3.63, 3.8) is 0 Å². The number of carbonyl (C=O) groups excluding carboxylic acids is 1. The second-order valence-corrected chi connectivity index (χ2v) is 8.68. The maximum Gasteiger partial charge on any atom is 0.269 e. The Bertz CT molecular complexity index is 1150. The Hall–Kier alpha value is -3.32. The number of benzene rings is 3. The fourth-order valence-electron chi connectivity index (χ4n) is 3.42. The summed E-state index contributed by atoms with van der Waals surface area (Å²) in [6, 6.07) is 23.0. The van der Waals surface area contributed by atoms with Gasteiger partial charge in [0, 0.05) is 19.2 Å². The Kier molecular flexibility index (Phi) is 4.98. The molecule has 1 amide bonds. The molecule has 1 aliphatic heterocycles. The van der Waals surface area contributed by atoms with Crippen LogP contribution in [0.15, 0.2) is 83.8 Å². The van der Waals surface area contributed by atoms with Crippen LogP contribution in [0.4, 0.5) is 11.4 Å². The van der Waals surface area contributed by atoms with Gasteiger partial charge in [0.2, 0.25) is 0 Å². The molecule has 0 atom stereocenters. The quantitative estimate of drug-likeness (QED) is 0.660. The first kappa shape index (κ1) is 19.0. The third kappa shape index (κ3) is 3.69. The summed E-state index contributed by atoms with van der Waals surface area (Å²) >= 11 is 0. The largest absolute Gasteiger partial charge is 0.288 e. The van der Waals surface area contributed by atoms with Crippen LogP contribution in [-0.2, 0) is 16.4 Å². The van der Waals surface area contributed by atoms with E-state index in [-0.39, 0.29) is 16.4 Å². The second kappa shape index (κ2) is 7.60. The number of nitrogens with zero attached hydrogens (tertiary/aromatic N) is 2. The maximum absolute atomic E-state index is 13.2. The monoisotopic (exact) mass is 407 g/mol. The molecule has 3 aromatic rings. The van der Waals surface area contributed by atoms with Gasteiger partial charge in [-0.2, -0.15) is 0 Å². The van der Waals surface area contributed by atoms with E-state index in [1.807, 2.05) is 54.6 Å². The van der Waals surface area contributed by atoms with E-state index < -0.39 is 10.0 Å². The molecular formula is C22H21N3O3S. The molecule has 0 aliphatic carbocycles. The van der Waals surface area contributed by atoms with Crippen molar-refractivity contribution >= 4 is 27.3 Å². The third-order valence-electron chi connectivity index (χ3n) is 4.94. The van der Waals surface area contributed by atoms with E-state index in [1.54, 1.807) is 24.2 Å². The predicted molar refractivity (Wildman–Crippen MR) is 113 cm³/mol. The molecule has 7 heteroatoms. The molecule has 0 fully saturated rings. The molecule has 0 spiro atoms. The van der Waals surface area contributed by atoms with Crippen LogP contribution in [-0.4, -0.2) is 27.9 Å². The highest BCUT2D eigenvalue weighted by Crippen LogP contribution is 2.32. The summed E-state index contributed by atoms with van der Waals surface area (Å²) in [7, 11) is -2.02. The van der Waals surface area contributed by atoms with Crippen molar-refractivity contribution in [2.75, 3.05) is 22.9 Å². The Morgan fingerprint density at radius 1 is 0.966 bits per heavy atom. The second-order valence-electron chi connectivity index (χ2n) is 6.82. The molecule has 6 nitrogen and oxygen atoms in total. The van der Waals surface area contributed by atoms with Gasteiger partial charge < -0.3 is 0 Å². The number of para-hydroxylation sites is 2.